The van der Waals surface area contributed by atoms with Crippen LogP contribution in [0.25, 0.3) is 0 Å². The number of hydrogen-bond donors (Lipinski definition) is 0. The largest absolute Gasteiger partial charge is 0.263 e. The Morgan fingerprint density at radius 2 is 1.94 bits per heavy atom. The molecule has 0 radical (unpaired) electrons. The molecule has 6 heteroatoms. The molecule has 0 N–H and O–H groups in total. The summed E-state index contributed by atoms with van der Waals surface area (Å²) in [5, 5.41) is 0.252. The van der Waals surface area contributed by atoms with Gasteiger partial charge >= 0.3 is 0 Å². The van der Waals surface area contributed by atoms with E-state index in [9.17, 15) is 8.42 Å². The molecule has 2 fully saturated rings. The molecule has 4 nitrogen and oxygen atoms in total. The van der Waals surface area contributed by atoms with E-state index in [-0.39, 0.29) is 9.92 Å². The van der Waals surface area contributed by atoms with Crippen molar-refractivity contribution >= 4 is 21.6 Å². The summed E-state index contributed by atoms with van der Waals surface area (Å²) in [4.78, 5) is 4.00. The second-order valence-electron chi connectivity index (χ2n) is 5.08. The molecule has 1 aliphatic heterocycles. The molecule has 18 heavy (non-hydrogen) atoms. The monoisotopic (exact) mass is 286 g/mol. The van der Waals surface area contributed by atoms with Crippen molar-refractivity contribution in [3.8, 4) is 0 Å². The van der Waals surface area contributed by atoms with Gasteiger partial charge < -0.3 is 0 Å². The average molecular weight is 287 g/mol. The van der Waals surface area contributed by atoms with E-state index in [2.05, 4.69) is 4.98 Å². The minimum absolute atomic E-state index is 0.131. The molecule has 2 unspecified atom stereocenters. The van der Waals surface area contributed by atoms with Crippen molar-refractivity contribution in [3.05, 3.63) is 23.5 Å². The van der Waals surface area contributed by atoms with Crippen LogP contribution in [0.1, 0.15) is 19.3 Å². The number of fused-ring (bicyclic) bond motifs is 1. The van der Waals surface area contributed by atoms with E-state index in [1.807, 2.05) is 0 Å². The molecule has 3 rings (SSSR count). The summed E-state index contributed by atoms with van der Waals surface area (Å²) >= 11 is 5.96. The minimum atomic E-state index is -3.47. The number of rotatable bonds is 2. The van der Waals surface area contributed by atoms with E-state index < -0.39 is 10.0 Å². The van der Waals surface area contributed by atoms with Crippen molar-refractivity contribution < 1.29 is 8.42 Å². The normalized spacial score (nSPS) is 28.5. The average Bonchev–Trinajstić information content (AvgIpc) is 2.89. The molecule has 1 aromatic heterocycles. The predicted molar refractivity (Wildman–Crippen MR) is 68.8 cm³/mol. The van der Waals surface area contributed by atoms with Crippen LogP contribution in [0.2, 0.25) is 5.02 Å². The Morgan fingerprint density at radius 1 is 1.28 bits per heavy atom. The Morgan fingerprint density at radius 3 is 2.56 bits per heavy atom. The molecule has 2 aliphatic rings. The zero-order valence-electron chi connectivity index (χ0n) is 9.92. The second-order valence-corrected chi connectivity index (χ2v) is 7.39. The Balaban J connectivity index is 1.90. The fraction of sp³-hybridized carbons (Fsp3) is 0.583. The minimum Gasteiger partial charge on any atom is -0.263 e. The third-order valence-electron chi connectivity index (χ3n) is 4.04. The maximum Gasteiger partial charge on any atom is 0.246 e. The first-order chi connectivity index (χ1) is 8.59. The van der Waals surface area contributed by atoms with E-state index in [0.29, 0.717) is 24.9 Å². The molecule has 0 amide bonds. The molecular formula is C12H15ClN2O2S. The molecule has 2 heterocycles. The molecule has 0 aromatic carbocycles. The maximum atomic E-state index is 12.5. The van der Waals surface area contributed by atoms with Gasteiger partial charge in [-0.3, -0.25) is 4.98 Å². The van der Waals surface area contributed by atoms with Gasteiger partial charge in [0.15, 0.2) is 0 Å². The van der Waals surface area contributed by atoms with Crippen LogP contribution in [0.3, 0.4) is 0 Å². The van der Waals surface area contributed by atoms with Gasteiger partial charge in [0, 0.05) is 25.5 Å². The molecule has 1 saturated heterocycles. The van der Waals surface area contributed by atoms with E-state index in [0.717, 1.165) is 12.8 Å². The molecule has 1 aromatic rings. The van der Waals surface area contributed by atoms with Gasteiger partial charge in [-0.05, 0) is 30.7 Å². The van der Waals surface area contributed by atoms with Crippen LogP contribution in [0, 0.1) is 11.8 Å². The number of hydrogen-bond acceptors (Lipinski definition) is 3. The Hall–Kier alpha value is -0.650. The maximum absolute atomic E-state index is 12.5. The molecule has 2 atom stereocenters. The molecule has 0 bridgehead atoms. The highest BCUT2D eigenvalue weighted by Gasteiger charge is 2.41. The highest BCUT2D eigenvalue weighted by molar-refractivity contribution is 7.89. The zero-order chi connectivity index (χ0) is 12.8. The Bertz CT molecular complexity index is 549. The highest BCUT2D eigenvalue weighted by Crippen LogP contribution is 2.40. The summed E-state index contributed by atoms with van der Waals surface area (Å²) in [5.41, 5.74) is 0. The quantitative estimate of drug-likeness (QED) is 0.837. The van der Waals surface area contributed by atoms with Gasteiger partial charge in [0.25, 0.3) is 0 Å². The Kier molecular flexibility index (Phi) is 3.08. The second kappa shape index (κ2) is 4.47. The molecule has 0 spiro atoms. The van der Waals surface area contributed by atoms with Gasteiger partial charge in [-0.2, -0.15) is 4.31 Å². The first kappa shape index (κ1) is 12.4. The van der Waals surface area contributed by atoms with Crippen LogP contribution < -0.4 is 0 Å². The van der Waals surface area contributed by atoms with Crippen LogP contribution >= 0.6 is 11.6 Å². The van der Waals surface area contributed by atoms with Crippen LogP contribution in [-0.2, 0) is 10.0 Å². The van der Waals surface area contributed by atoms with Crippen LogP contribution in [0.15, 0.2) is 23.4 Å². The number of nitrogens with zero attached hydrogens (tertiary/aromatic N) is 2. The van der Waals surface area contributed by atoms with Crippen molar-refractivity contribution in [2.24, 2.45) is 11.8 Å². The fourth-order valence-corrected chi connectivity index (χ4v) is 5.04. The van der Waals surface area contributed by atoms with Crippen LogP contribution in [0.5, 0.6) is 0 Å². The van der Waals surface area contributed by atoms with E-state index in [1.54, 1.807) is 4.31 Å². The molecule has 1 aliphatic carbocycles. The lowest BCUT2D eigenvalue weighted by atomic mass is 10.0. The van der Waals surface area contributed by atoms with Crippen molar-refractivity contribution in [3.63, 3.8) is 0 Å². The van der Waals surface area contributed by atoms with Gasteiger partial charge in [0.1, 0.15) is 4.90 Å². The summed E-state index contributed by atoms with van der Waals surface area (Å²) in [7, 11) is -3.47. The van der Waals surface area contributed by atoms with E-state index >= 15 is 0 Å². The first-order valence-electron chi connectivity index (χ1n) is 6.18. The van der Waals surface area contributed by atoms with Crippen molar-refractivity contribution in [1.82, 2.24) is 9.29 Å². The molecular weight excluding hydrogens is 272 g/mol. The molecule has 1 saturated carbocycles. The number of halogens is 1. The lowest BCUT2D eigenvalue weighted by molar-refractivity contribution is 0.445. The number of aromatic nitrogens is 1. The van der Waals surface area contributed by atoms with E-state index in [1.165, 1.54) is 24.9 Å². The van der Waals surface area contributed by atoms with Crippen LogP contribution in [0.4, 0.5) is 0 Å². The van der Waals surface area contributed by atoms with Gasteiger partial charge in [-0.25, -0.2) is 8.42 Å². The summed E-state index contributed by atoms with van der Waals surface area (Å²) in [6.07, 6.45) is 6.37. The third-order valence-corrected chi connectivity index (χ3v) is 6.35. The zero-order valence-corrected chi connectivity index (χ0v) is 11.5. The summed E-state index contributed by atoms with van der Waals surface area (Å²) < 4.78 is 26.5. The standard InChI is InChI=1S/C12H15ClN2O2S/c13-11-4-5-14-6-12(11)18(16,17)15-7-9-2-1-3-10(9)8-15/h4-6,9-10H,1-3,7-8H2. The third kappa shape index (κ3) is 1.94. The van der Waals surface area contributed by atoms with Gasteiger partial charge in [0.05, 0.1) is 5.02 Å². The number of sulfonamides is 1. The lowest BCUT2D eigenvalue weighted by Crippen LogP contribution is -2.30. The van der Waals surface area contributed by atoms with Crippen LogP contribution in [-0.4, -0.2) is 30.8 Å². The van der Waals surface area contributed by atoms with E-state index in [4.69, 9.17) is 11.6 Å². The van der Waals surface area contributed by atoms with Crippen molar-refractivity contribution in [2.75, 3.05) is 13.1 Å². The first-order valence-corrected chi connectivity index (χ1v) is 8.00. The van der Waals surface area contributed by atoms with Gasteiger partial charge in [-0.15, -0.1) is 0 Å². The molecule has 98 valence electrons. The highest BCUT2D eigenvalue weighted by atomic mass is 35.5. The smallest absolute Gasteiger partial charge is 0.246 e. The van der Waals surface area contributed by atoms with Gasteiger partial charge in [0.2, 0.25) is 10.0 Å². The van der Waals surface area contributed by atoms with Crippen molar-refractivity contribution in [2.45, 2.75) is 24.2 Å². The number of pyridine rings is 1. The fourth-order valence-electron chi connectivity index (χ4n) is 3.08. The predicted octanol–water partition coefficient (Wildman–Crippen LogP) is 2.16. The Labute approximate surface area is 112 Å². The SMILES string of the molecule is O=S(=O)(c1cnccc1Cl)N1CC2CCCC2C1. The van der Waals surface area contributed by atoms with Crippen molar-refractivity contribution in [1.29, 1.82) is 0 Å². The lowest BCUT2D eigenvalue weighted by Gasteiger charge is -2.17. The van der Waals surface area contributed by atoms with Gasteiger partial charge in [-0.1, -0.05) is 18.0 Å². The summed E-state index contributed by atoms with van der Waals surface area (Å²) in [5.74, 6) is 1.07. The summed E-state index contributed by atoms with van der Waals surface area (Å²) in [6, 6.07) is 1.52. The topological polar surface area (TPSA) is 50.3 Å². The summed E-state index contributed by atoms with van der Waals surface area (Å²) in [6.45, 7) is 1.27.